The van der Waals surface area contributed by atoms with Crippen LogP contribution in [0.4, 0.5) is 0 Å². The van der Waals surface area contributed by atoms with Crippen molar-refractivity contribution in [3.8, 4) is 0 Å². The van der Waals surface area contributed by atoms with Crippen molar-refractivity contribution in [2.45, 2.75) is 13.1 Å². The summed E-state index contributed by atoms with van der Waals surface area (Å²) in [5.41, 5.74) is 2.81. The number of benzene rings is 1. The molecule has 2 bridgehead atoms. The van der Waals surface area contributed by atoms with Crippen molar-refractivity contribution in [2.75, 3.05) is 34.5 Å². The van der Waals surface area contributed by atoms with Gasteiger partial charge >= 0.3 is 0 Å². The Kier molecular flexibility index (Phi) is 3.59. The molecule has 1 aromatic rings. The zero-order valence-corrected chi connectivity index (χ0v) is 10.5. The minimum atomic E-state index is 1.01. The smallest absolute Gasteiger partial charge is 0.0515 e. The molecule has 3 heteroatoms. The average molecular weight is 219 g/mol. The Morgan fingerprint density at radius 1 is 0.812 bits per heavy atom. The largest absolute Gasteiger partial charge is 0.289 e. The molecule has 0 unspecified atom stereocenters. The molecular formula is C13H21N3. The molecule has 0 N–H and O–H groups in total. The van der Waals surface area contributed by atoms with Gasteiger partial charge in [0, 0.05) is 13.1 Å². The molecule has 0 fully saturated rings. The van der Waals surface area contributed by atoms with Gasteiger partial charge in [0.05, 0.1) is 13.3 Å². The van der Waals surface area contributed by atoms with Crippen LogP contribution in [0.5, 0.6) is 0 Å². The summed E-state index contributed by atoms with van der Waals surface area (Å²) < 4.78 is 0. The van der Waals surface area contributed by atoms with E-state index < -0.39 is 0 Å². The van der Waals surface area contributed by atoms with Gasteiger partial charge < -0.3 is 0 Å². The van der Waals surface area contributed by atoms with Gasteiger partial charge in [-0.2, -0.15) is 0 Å². The second-order valence-corrected chi connectivity index (χ2v) is 4.99. The summed E-state index contributed by atoms with van der Waals surface area (Å²) in [5.74, 6) is 0. The normalized spacial score (nSPS) is 20.9. The molecular weight excluding hydrogens is 198 g/mol. The van der Waals surface area contributed by atoms with Crippen molar-refractivity contribution in [3.05, 3.63) is 35.4 Å². The van der Waals surface area contributed by atoms with E-state index in [1.54, 1.807) is 0 Å². The summed E-state index contributed by atoms with van der Waals surface area (Å²) in [4.78, 5) is 7.03. The average Bonchev–Trinajstić information content (AvgIpc) is 2.15. The molecule has 0 saturated heterocycles. The van der Waals surface area contributed by atoms with Crippen LogP contribution in [0, 0.1) is 0 Å². The molecule has 2 rings (SSSR count). The Morgan fingerprint density at radius 2 is 1.31 bits per heavy atom. The molecule has 0 radical (unpaired) electrons. The molecule has 1 aliphatic heterocycles. The first kappa shape index (κ1) is 11.6. The van der Waals surface area contributed by atoms with E-state index in [0.29, 0.717) is 0 Å². The van der Waals surface area contributed by atoms with Crippen LogP contribution < -0.4 is 0 Å². The summed E-state index contributed by atoms with van der Waals surface area (Å²) in [6.45, 7) is 4.08. The minimum absolute atomic E-state index is 1.01. The van der Waals surface area contributed by atoms with Crippen molar-refractivity contribution in [2.24, 2.45) is 0 Å². The Balaban J connectivity index is 2.22. The van der Waals surface area contributed by atoms with Gasteiger partial charge in [0.15, 0.2) is 0 Å². The van der Waals surface area contributed by atoms with E-state index in [2.05, 4.69) is 60.1 Å². The van der Waals surface area contributed by atoms with Crippen LogP contribution in [-0.4, -0.2) is 49.2 Å². The fourth-order valence-corrected chi connectivity index (χ4v) is 2.42. The van der Waals surface area contributed by atoms with Crippen molar-refractivity contribution in [1.82, 2.24) is 14.7 Å². The fraction of sp³-hybridized carbons (Fsp3) is 0.538. The lowest BCUT2D eigenvalue weighted by atomic mass is 10.1. The summed E-state index contributed by atoms with van der Waals surface area (Å²) in [7, 11) is 6.51. The topological polar surface area (TPSA) is 9.72 Å². The van der Waals surface area contributed by atoms with E-state index in [-0.39, 0.29) is 0 Å². The van der Waals surface area contributed by atoms with Crippen LogP contribution >= 0.6 is 0 Å². The van der Waals surface area contributed by atoms with E-state index in [4.69, 9.17) is 0 Å². The summed E-state index contributed by atoms with van der Waals surface area (Å²) in [6.07, 6.45) is 0. The van der Waals surface area contributed by atoms with Gasteiger partial charge in [-0.15, -0.1) is 0 Å². The van der Waals surface area contributed by atoms with Gasteiger partial charge in [0.1, 0.15) is 0 Å². The molecule has 1 aromatic carbocycles. The molecule has 0 amide bonds. The van der Waals surface area contributed by atoms with Crippen LogP contribution in [-0.2, 0) is 13.1 Å². The maximum Gasteiger partial charge on any atom is 0.0515 e. The van der Waals surface area contributed by atoms with Gasteiger partial charge in [0.2, 0.25) is 0 Å². The van der Waals surface area contributed by atoms with Crippen LogP contribution in [0.1, 0.15) is 11.1 Å². The van der Waals surface area contributed by atoms with Crippen molar-refractivity contribution in [1.29, 1.82) is 0 Å². The maximum atomic E-state index is 2.35. The standard InChI is InChI=1S/C13H21N3/c1-14-8-12-5-4-6-13(7-12)9-15(2)11-16(3)10-14/h4-7H,8-11H2,1-3H3. The van der Waals surface area contributed by atoms with Gasteiger partial charge in [-0.1, -0.05) is 24.3 Å². The van der Waals surface area contributed by atoms with Crippen LogP contribution in [0.15, 0.2) is 24.3 Å². The first-order chi connectivity index (χ1) is 7.63. The highest BCUT2D eigenvalue weighted by Crippen LogP contribution is 2.11. The molecule has 0 aliphatic carbocycles. The molecule has 0 saturated carbocycles. The van der Waals surface area contributed by atoms with E-state index in [1.807, 2.05) is 0 Å². The van der Waals surface area contributed by atoms with Crippen LogP contribution in [0.2, 0.25) is 0 Å². The van der Waals surface area contributed by atoms with E-state index in [0.717, 1.165) is 26.4 Å². The highest BCUT2D eigenvalue weighted by atomic mass is 15.4. The van der Waals surface area contributed by atoms with E-state index in [1.165, 1.54) is 11.1 Å². The monoisotopic (exact) mass is 219 g/mol. The number of hydrogen-bond acceptors (Lipinski definition) is 3. The molecule has 88 valence electrons. The van der Waals surface area contributed by atoms with Gasteiger partial charge in [0.25, 0.3) is 0 Å². The van der Waals surface area contributed by atoms with Crippen molar-refractivity contribution < 1.29 is 0 Å². The maximum absolute atomic E-state index is 2.35. The second-order valence-electron chi connectivity index (χ2n) is 4.99. The summed E-state index contributed by atoms with van der Waals surface area (Å²) >= 11 is 0. The third-order valence-corrected chi connectivity index (χ3v) is 2.86. The minimum Gasteiger partial charge on any atom is -0.289 e. The zero-order chi connectivity index (χ0) is 11.5. The molecule has 1 aliphatic rings. The van der Waals surface area contributed by atoms with Gasteiger partial charge in [-0.25, -0.2) is 0 Å². The second kappa shape index (κ2) is 4.95. The Labute approximate surface area is 98.3 Å². The molecule has 16 heavy (non-hydrogen) atoms. The summed E-state index contributed by atoms with van der Waals surface area (Å²) in [6, 6.07) is 8.90. The highest BCUT2D eigenvalue weighted by Gasteiger charge is 2.10. The number of rotatable bonds is 0. The van der Waals surface area contributed by atoms with Crippen LogP contribution in [0.3, 0.4) is 0 Å². The molecule has 0 aromatic heterocycles. The van der Waals surface area contributed by atoms with Crippen LogP contribution in [0.25, 0.3) is 0 Å². The third kappa shape index (κ3) is 3.04. The number of hydrogen-bond donors (Lipinski definition) is 0. The predicted octanol–water partition coefficient (Wildman–Crippen LogP) is 1.41. The van der Waals surface area contributed by atoms with Crippen molar-refractivity contribution in [3.63, 3.8) is 0 Å². The lowest BCUT2D eigenvalue weighted by molar-refractivity contribution is 0.109. The summed E-state index contributed by atoms with van der Waals surface area (Å²) in [5, 5.41) is 0. The zero-order valence-electron chi connectivity index (χ0n) is 10.5. The van der Waals surface area contributed by atoms with E-state index >= 15 is 0 Å². The Hall–Kier alpha value is -0.900. The molecule has 0 atom stereocenters. The third-order valence-electron chi connectivity index (χ3n) is 2.86. The van der Waals surface area contributed by atoms with Gasteiger partial charge in [-0.3, -0.25) is 14.7 Å². The SMILES string of the molecule is CN1Cc2cccc(c2)CN(C)CN(C)C1. The van der Waals surface area contributed by atoms with E-state index in [9.17, 15) is 0 Å². The lowest BCUT2D eigenvalue weighted by Crippen LogP contribution is -2.39. The molecule has 3 nitrogen and oxygen atoms in total. The fourth-order valence-electron chi connectivity index (χ4n) is 2.42. The lowest BCUT2D eigenvalue weighted by Gasteiger charge is -2.30. The van der Waals surface area contributed by atoms with Crippen molar-refractivity contribution >= 4 is 0 Å². The number of fused-ring (bicyclic) bond motifs is 2. The first-order valence-electron chi connectivity index (χ1n) is 5.77. The first-order valence-corrected chi connectivity index (χ1v) is 5.77. The Morgan fingerprint density at radius 3 is 1.81 bits per heavy atom. The molecule has 0 spiro atoms. The predicted molar refractivity (Wildman–Crippen MR) is 66.9 cm³/mol. The van der Waals surface area contributed by atoms with Gasteiger partial charge in [-0.05, 0) is 32.3 Å². The Bertz CT molecular complexity index is 322. The number of nitrogens with zero attached hydrogens (tertiary/aromatic N) is 3. The highest BCUT2D eigenvalue weighted by molar-refractivity contribution is 5.23. The molecule has 1 heterocycles. The quantitative estimate of drug-likeness (QED) is 0.653.